The van der Waals surface area contributed by atoms with Crippen molar-refractivity contribution < 1.29 is 9.18 Å². The predicted octanol–water partition coefficient (Wildman–Crippen LogP) is 3.23. The maximum Gasteiger partial charge on any atom is 0.238 e. The second kappa shape index (κ2) is 6.63. The van der Waals surface area contributed by atoms with Crippen molar-refractivity contribution in [3.63, 3.8) is 0 Å². The zero-order valence-corrected chi connectivity index (χ0v) is 12.3. The molecule has 3 nitrogen and oxygen atoms in total. The molecule has 0 aliphatic carbocycles. The summed E-state index contributed by atoms with van der Waals surface area (Å²) in [6.45, 7) is 5.07. The normalized spacial score (nSPS) is 10.6. The summed E-state index contributed by atoms with van der Waals surface area (Å²) in [6, 6.07) is 7.85. The van der Waals surface area contributed by atoms with Crippen LogP contribution < -0.4 is 10.6 Å². The van der Waals surface area contributed by atoms with Crippen molar-refractivity contribution in [3.8, 4) is 0 Å². The summed E-state index contributed by atoms with van der Waals surface area (Å²) in [5, 5.41) is 5.81. The van der Waals surface area contributed by atoms with Gasteiger partial charge in [0.15, 0.2) is 0 Å². The highest BCUT2D eigenvalue weighted by Crippen LogP contribution is 2.20. The Balaban J connectivity index is 1.76. The first-order valence-electron chi connectivity index (χ1n) is 6.36. The first-order valence-corrected chi connectivity index (χ1v) is 7.18. The summed E-state index contributed by atoms with van der Waals surface area (Å²) in [5.74, 6) is -0.453. The number of carbonyl (C=O) groups is 1. The van der Waals surface area contributed by atoms with Crippen LogP contribution in [0.5, 0.6) is 0 Å². The van der Waals surface area contributed by atoms with Gasteiger partial charge in [-0.15, -0.1) is 11.3 Å². The molecular weight excluding hydrogens is 275 g/mol. The molecule has 2 rings (SSSR count). The molecule has 20 heavy (non-hydrogen) atoms. The van der Waals surface area contributed by atoms with Crippen LogP contribution in [0.25, 0.3) is 0 Å². The average molecular weight is 292 g/mol. The molecule has 5 heteroatoms. The van der Waals surface area contributed by atoms with Crippen molar-refractivity contribution in [1.82, 2.24) is 5.32 Å². The lowest BCUT2D eigenvalue weighted by Crippen LogP contribution is -2.27. The highest BCUT2D eigenvalue weighted by atomic mass is 32.1. The van der Waals surface area contributed by atoms with Crippen LogP contribution >= 0.6 is 11.3 Å². The van der Waals surface area contributed by atoms with Gasteiger partial charge in [-0.25, -0.2) is 4.39 Å². The summed E-state index contributed by atoms with van der Waals surface area (Å²) in [7, 11) is 0. The summed E-state index contributed by atoms with van der Waals surface area (Å²) >= 11 is 1.74. The number of rotatable bonds is 5. The molecule has 106 valence electrons. The Kier molecular flexibility index (Phi) is 4.87. The smallest absolute Gasteiger partial charge is 0.238 e. The molecule has 0 aliphatic heterocycles. The van der Waals surface area contributed by atoms with Crippen LogP contribution in [0, 0.1) is 19.7 Å². The molecule has 0 saturated heterocycles. The van der Waals surface area contributed by atoms with Gasteiger partial charge < -0.3 is 10.6 Å². The maximum absolute atomic E-state index is 12.7. The zero-order valence-electron chi connectivity index (χ0n) is 11.5. The molecule has 0 unspecified atom stereocenters. The van der Waals surface area contributed by atoms with E-state index >= 15 is 0 Å². The molecule has 2 N–H and O–H groups in total. The Labute approximate surface area is 121 Å². The lowest BCUT2D eigenvalue weighted by atomic mass is 10.3. The monoisotopic (exact) mass is 292 g/mol. The lowest BCUT2D eigenvalue weighted by Gasteiger charge is -2.06. The fourth-order valence-electron chi connectivity index (χ4n) is 1.77. The third-order valence-corrected chi connectivity index (χ3v) is 4.08. The molecule has 1 heterocycles. The Morgan fingerprint density at radius 3 is 2.55 bits per heavy atom. The zero-order chi connectivity index (χ0) is 14.5. The van der Waals surface area contributed by atoms with E-state index in [1.54, 1.807) is 23.5 Å². The minimum Gasteiger partial charge on any atom is -0.325 e. The molecule has 1 amide bonds. The quantitative estimate of drug-likeness (QED) is 0.888. The Morgan fingerprint density at radius 2 is 1.95 bits per heavy atom. The van der Waals surface area contributed by atoms with E-state index in [1.165, 1.54) is 27.5 Å². The number of halogens is 1. The SMILES string of the molecule is Cc1cc(CNCC(=O)Nc2ccc(F)cc2)sc1C. The van der Waals surface area contributed by atoms with Crippen LogP contribution in [0.4, 0.5) is 10.1 Å². The van der Waals surface area contributed by atoms with Crippen LogP contribution in [0.2, 0.25) is 0 Å². The number of carbonyl (C=O) groups excluding carboxylic acids is 1. The van der Waals surface area contributed by atoms with Gasteiger partial charge in [0.2, 0.25) is 5.91 Å². The average Bonchev–Trinajstić information content (AvgIpc) is 2.71. The first-order chi connectivity index (χ1) is 9.54. The molecule has 0 bridgehead atoms. The van der Waals surface area contributed by atoms with E-state index in [0.29, 0.717) is 12.2 Å². The van der Waals surface area contributed by atoms with Gasteiger partial charge in [0.1, 0.15) is 5.82 Å². The van der Waals surface area contributed by atoms with E-state index in [0.717, 1.165) is 0 Å². The molecule has 0 spiro atoms. The van der Waals surface area contributed by atoms with Crippen molar-refractivity contribution in [2.75, 3.05) is 11.9 Å². The van der Waals surface area contributed by atoms with Crippen LogP contribution in [0.1, 0.15) is 15.3 Å². The molecule has 0 aliphatic rings. The van der Waals surface area contributed by atoms with Gasteiger partial charge in [0.25, 0.3) is 0 Å². The fourth-order valence-corrected chi connectivity index (χ4v) is 2.80. The predicted molar refractivity (Wildman–Crippen MR) is 80.5 cm³/mol. The largest absolute Gasteiger partial charge is 0.325 e. The Bertz CT molecular complexity index is 573. The highest BCUT2D eigenvalue weighted by Gasteiger charge is 2.04. The standard InChI is InChI=1S/C15H17FN2OS/c1-10-7-14(20-11(10)2)8-17-9-15(19)18-13-5-3-12(16)4-6-13/h3-7,17H,8-9H2,1-2H3,(H,18,19). The van der Waals surface area contributed by atoms with E-state index in [4.69, 9.17) is 0 Å². The van der Waals surface area contributed by atoms with Gasteiger partial charge in [0.05, 0.1) is 6.54 Å². The third kappa shape index (κ3) is 4.15. The molecule has 0 radical (unpaired) electrons. The minimum atomic E-state index is -0.315. The van der Waals surface area contributed by atoms with Gasteiger partial charge in [0, 0.05) is 22.0 Å². The second-order valence-corrected chi connectivity index (χ2v) is 5.95. The van der Waals surface area contributed by atoms with Crippen molar-refractivity contribution in [1.29, 1.82) is 0 Å². The number of benzene rings is 1. The summed E-state index contributed by atoms with van der Waals surface area (Å²) in [6.07, 6.45) is 0. The van der Waals surface area contributed by atoms with Crippen molar-refractivity contribution in [2.24, 2.45) is 0 Å². The van der Waals surface area contributed by atoms with Crippen molar-refractivity contribution in [3.05, 3.63) is 51.5 Å². The van der Waals surface area contributed by atoms with Crippen molar-refractivity contribution in [2.45, 2.75) is 20.4 Å². The van der Waals surface area contributed by atoms with Crippen LogP contribution in [-0.2, 0) is 11.3 Å². The minimum absolute atomic E-state index is 0.137. The van der Waals surface area contributed by atoms with E-state index in [2.05, 4.69) is 30.5 Å². The Morgan fingerprint density at radius 1 is 1.25 bits per heavy atom. The van der Waals surface area contributed by atoms with E-state index in [-0.39, 0.29) is 18.3 Å². The number of anilines is 1. The topological polar surface area (TPSA) is 41.1 Å². The number of aryl methyl sites for hydroxylation is 2. The number of thiophene rings is 1. The lowest BCUT2D eigenvalue weighted by molar-refractivity contribution is -0.115. The highest BCUT2D eigenvalue weighted by molar-refractivity contribution is 7.12. The van der Waals surface area contributed by atoms with E-state index in [9.17, 15) is 9.18 Å². The van der Waals surface area contributed by atoms with Crippen molar-refractivity contribution >= 4 is 22.9 Å². The van der Waals surface area contributed by atoms with Gasteiger partial charge in [-0.3, -0.25) is 4.79 Å². The summed E-state index contributed by atoms with van der Waals surface area (Å²) in [5.41, 5.74) is 1.88. The summed E-state index contributed by atoms with van der Waals surface area (Å²) < 4.78 is 12.7. The van der Waals surface area contributed by atoms with Crippen LogP contribution in [-0.4, -0.2) is 12.5 Å². The molecule has 2 aromatic rings. The first kappa shape index (κ1) is 14.7. The van der Waals surface area contributed by atoms with E-state index < -0.39 is 0 Å². The number of nitrogens with one attached hydrogen (secondary N) is 2. The molecule has 1 aromatic carbocycles. The van der Waals surface area contributed by atoms with Gasteiger partial charge in [-0.2, -0.15) is 0 Å². The molecule has 0 atom stereocenters. The molecule has 1 aromatic heterocycles. The number of amides is 1. The van der Waals surface area contributed by atoms with Crippen LogP contribution in [0.15, 0.2) is 30.3 Å². The second-order valence-electron chi connectivity index (χ2n) is 4.61. The number of hydrogen-bond acceptors (Lipinski definition) is 3. The van der Waals surface area contributed by atoms with E-state index in [1.807, 2.05) is 0 Å². The Hall–Kier alpha value is -1.72. The van der Waals surface area contributed by atoms with Gasteiger partial charge in [-0.1, -0.05) is 0 Å². The third-order valence-electron chi connectivity index (χ3n) is 2.93. The molecular formula is C15H17FN2OS. The molecule has 0 fully saturated rings. The number of hydrogen-bond donors (Lipinski definition) is 2. The van der Waals surface area contributed by atoms with Gasteiger partial charge >= 0.3 is 0 Å². The van der Waals surface area contributed by atoms with Crippen LogP contribution in [0.3, 0.4) is 0 Å². The van der Waals surface area contributed by atoms with Gasteiger partial charge in [-0.05, 0) is 49.7 Å². The fraction of sp³-hybridized carbons (Fsp3) is 0.267. The maximum atomic E-state index is 12.7. The molecule has 0 saturated carbocycles. The summed E-state index contributed by atoms with van der Waals surface area (Å²) in [4.78, 5) is 14.2.